The predicted octanol–water partition coefficient (Wildman–Crippen LogP) is 3.75. The molecule has 3 aromatic rings. The molecule has 10 heteroatoms. The zero-order valence-electron chi connectivity index (χ0n) is 23.0. The quantitative estimate of drug-likeness (QED) is 0.445. The number of esters is 2. The van der Waals surface area contributed by atoms with Crippen molar-refractivity contribution in [1.29, 1.82) is 0 Å². The first-order valence-electron chi connectivity index (χ1n) is 13.1. The van der Waals surface area contributed by atoms with E-state index >= 15 is 0 Å². The number of nitrogens with zero attached hydrogens (tertiary/aromatic N) is 2. The largest absolute Gasteiger partial charge is 0.488 e. The fraction of sp³-hybridized carbons (Fsp3) is 0.448. The minimum Gasteiger partial charge on any atom is -0.488 e. The number of carbonyl (C=O) groups excluding carboxylic acids is 2. The number of aryl methyl sites for hydroxylation is 2. The van der Waals surface area contributed by atoms with E-state index in [9.17, 15) is 9.59 Å². The number of hydrogen-bond donors (Lipinski definition) is 0. The van der Waals surface area contributed by atoms with Crippen molar-refractivity contribution in [3.8, 4) is 11.5 Å². The standard InChI is InChI=1S/C29H36N2O8/c1-5-22-15-21-16-27-24(17-25(21)39-22)31(19-29(33)35-4)9-11-36-10-8-30(18-28(32)34-3)23-7-6-20(2)14-26(23)37-12-13-38-27/h6-7,14-17H,5,8-13,18-19H2,1-4H3. The second-order valence-electron chi connectivity index (χ2n) is 9.20. The Balaban J connectivity index is 1.66. The third kappa shape index (κ3) is 7.14. The topological polar surface area (TPSA) is 99.9 Å². The Hall–Kier alpha value is -3.92. The van der Waals surface area contributed by atoms with E-state index in [-0.39, 0.29) is 38.2 Å². The van der Waals surface area contributed by atoms with Gasteiger partial charge < -0.3 is 37.9 Å². The second-order valence-corrected chi connectivity index (χ2v) is 9.20. The summed E-state index contributed by atoms with van der Waals surface area (Å²) in [4.78, 5) is 28.2. The number of fused-ring (bicyclic) bond motifs is 3. The van der Waals surface area contributed by atoms with Gasteiger partial charge in [-0.2, -0.15) is 0 Å². The Kier molecular flexibility index (Phi) is 9.54. The lowest BCUT2D eigenvalue weighted by molar-refractivity contribution is -0.139. The highest BCUT2D eigenvalue weighted by Gasteiger charge is 2.21. The lowest BCUT2D eigenvalue weighted by atomic mass is 10.2. The van der Waals surface area contributed by atoms with Gasteiger partial charge >= 0.3 is 11.9 Å². The van der Waals surface area contributed by atoms with E-state index in [2.05, 4.69) is 0 Å². The summed E-state index contributed by atoms with van der Waals surface area (Å²) in [5.41, 5.74) is 3.21. The van der Waals surface area contributed by atoms with Crippen LogP contribution in [0.2, 0.25) is 0 Å². The fourth-order valence-corrected chi connectivity index (χ4v) is 4.41. The van der Waals surface area contributed by atoms with Crippen LogP contribution in [0.15, 0.2) is 40.8 Å². The van der Waals surface area contributed by atoms with Crippen molar-refractivity contribution in [3.05, 3.63) is 47.7 Å². The van der Waals surface area contributed by atoms with E-state index in [0.29, 0.717) is 49.1 Å². The van der Waals surface area contributed by atoms with Crippen LogP contribution in [-0.2, 0) is 30.2 Å². The van der Waals surface area contributed by atoms with Crippen LogP contribution in [-0.4, -0.2) is 78.8 Å². The summed E-state index contributed by atoms with van der Waals surface area (Å²) in [6, 6.07) is 11.6. The van der Waals surface area contributed by atoms with E-state index in [0.717, 1.165) is 28.8 Å². The van der Waals surface area contributed by atoms with E-state index in [1.807, 2.05) is 60.0 Å². The highest BCUT2D eigenvalue weighted by molar-refractivity contribution is 5.87. The number of rotatable bonds is 5. The molecule has 10 nitrogen and oxygen atoms in total. The first-order chi connectivity index (χ1) is 18.9. The molecule has 1 aliphatic rings. The Bertz CT molecular complexity index is 1290. The molecular weight excluding hydrogens is 504 g/mol. The fourth-order valence-electron chi connectivity index (χ4n) is 4.41. The van der Waals surface area contributed by atoms with Gasteiger partial charge in [0.15, 0.2) is 0 Å². The van der Waals surface area contributed by atoms with Crippen molar-refractivity contribution in [2.24, 2.45) is 0 Å². The molecule has 0 fully saturated rings. The maximum absolute atomic E-state index is 12.3. The van der Waals surface area contributed by atoms with Gasteiger partial charge in [-0.1, -0.05) is 13.0 Å². The number of furan rings is 1. The highest BCUT2D eigenvalue weighted by atomic mass is 16.5. The number of hydrogen-bond acceptors (Lipinski definition) is 10. The molecule has 0 aliphatic carbocycles. The molecule has 1 aromatic heterocycles. The first kappa shape index (κ1) is 28.1. The average molecular weight is 541 g/mol. The van der Waals surface area contributed by atoms with Crippen molar-refractivity contribution in [2.75, 3.05) is 76.6 Å². The summed E-state index contributed by atoms with van der Waals surface area (Å²) in [7, 11) is 2.73. The minimum atomic E-state index is -0.383. The molecule has 0 saturated heterocycles. The molecular formula is C29H36N2O8. The highest BCUT2D eigenvalue weighted by Crippen LogP contribution is 2.36. The second kappa shape index (κ2) is 13.2. The van der Waals surface area contributed by atoms with Gasteiger partial charge in [-0.3, -0.25) is 9.59 Å². The van der Waals surface area contributed by atoms with Gasteiger partial charge in [0.25, 0.3) is 0 Å². The summed E-state index contributed by atoms with van der Waals surface area (Å²) in [5, 5.41) is 0.915. The molecule has 0 atom stereocenters. The number of ether oxygens (including phenoxy) is 5. The molecule has 0 spiro atoms. The van der Waals surface area contributed by atoms with Crippen molar-refractivity contribution < 1.29 is 37.7 Å². The molecule has 1 aliphatic heterocycles. The SMILES string of the molecule is CCc1cc2cc3c(cc2o1)N(CC(=O)OC)CCOCCN(CC(=O)OC)c1ccc(C)cc1OCCO3. The van der Waals surface area contributed by atoms with Gasteiger partial charge in [0.05, 0.1) is 38.8 Å². The lowest BCUT2D eigenvalue weighted by Gasteiger charge is -2.26. The number of carbonyl (C=O) groups is 2. The summed E-state index contributed by atoms with van der Waals surface area (Å²) in [6.45, 7) is 6.11. The van der Waals surface area contributed by atoms with Crippen molar-refractivity contribution in [2.45, 2.75) is 20.3 Å². The number of benzene rings is 2. The van der Waals surface area contributed by atoms with Gasteiger partial charge in [-0.15, -0.1) is 0 Å². The minimum absolute atomic E-state index is 0.0127. The maximum atomic E-state index is 12.3. The molecule has 210 valence electrons. The Labute approximate surface area is 228 Å². The molecule has 0 radical (unpaired) electrons. The van der Waals surface area contributed by atoms with Crippen molar-refractivity contribution in [3.63, 3.8) is 0 Å². The van der Waals surface area contributed by atoms with Gasteiger partial charge in [-0.25, -0.2) is 0 Å². The maximum Gasteiger partial charge on any atom is 0.325 e. The van der Waals surface area contributed by atoms with Gasteiger partial charge in [0.1, 0.15) is 49.1 Å². The predicted molar refractivity (Wildman–Crippen MR) is 147 cm³/mol. The van der Waals surface area contributed by atoms with Crippen LogP contribution in [0, 0.1) is 6.92 Å². The van der Waals surface area contributed by atoms with Gasteiger partial charge in [0, 0.05) is 31.0 Å². The van der Waals surface area contributed by atoms with E-state index < -0.39 is 0 Å². The molecule has 2 aromatic carbocycles. The van der Waals surface area contributed by atoms with Crippen LogP contribution in [0.25, 0.3) is 11.0 Å². The Morgan fingerprint density at radius 1 is 0.821 bits per heavy atom. The normalized spacial score (nSPS) is 14.8. The monoisotopic (exact) mass is 540 g/mol. The van der Waals surface area contributed by atoms with Crippen LogP contribution in [0.5, 0.6) is 11.5 Å². The lowest BCUT2D eigenvalue weighted by Crippen LogP contribution is -2.36. The molecule has 2 heterocycles. The number of anilines is 2. The molecule has 4 rings (SSSR count). The van der Waals surface area contributed by atoms with E-state index in [1.54, 1.807) is 0 Å². The molecule has 0 N–H and O–H groups in total. The smallest absolute Gasteiger partial charge is 0.325 e. The van der Waals surface area contributed by atoms with Crippen molar-refractivity contribution >= 4 is 34.3 Å². The molecule has 0 saturated carbocycles. The third-order valence-electron chi connectivity index (χ3n) is 6.50. The zero-order valence-corrected chi connectivity index (χ0v) is 23.0. The Morgan fingerprint density at radius 2 is 1.44 bits per heavy atom. The molecule has 39 heavy (non-hydrogen) atoms. The first-order valence-corrected chi connectivity index (χ1v) is 13.1. The summed E-state index contributed by atoms with van der Waals surface area (Å²) in [5.74, 6) is 1.36. The zero-order chi connectivity index (χ0) is 27.8. The summed E-state index contributed by atoms with van der Waals surface area (Å²) < 4.78 is 34.2. The van der Waals surface area contributed by atoms with Crippen LogP contribution < -0.4 is 19.3 Å². The number of methoxy groups -OCH3 is 2. The average Bonchev–Trinajstić information content (AvgIpc) is 3.35. The van der Waals surface area contributed by atoms with Crippen LogP contribution in [0.1, 0.15) is 18.2 Å². The molecule has 0 bridgehead atoms. The van der Waals surface area contributed by atoms with Crippen molar-refractivity contribution in [1.82, 2.24) is 0 Å². The van der Waals surface area contributed by atoms with E-state index in [4.69, 9.17) is 28.1 Å². The summed E-state index contributed by atoms with van der Waals surface area (Å²) >= 11 is 0. The van der Waals surface area contributed by atoms with Crippen LogP contribution in [0.3, 0.4) is 0 Å². The summed E-state index contributed by atoms with van der Waals surface area (Å²) in [6.07, 6.45) is 0.763. The molecule has 0 amide bonds. The van der Waals surface area contributed by atoms with E-state index in [1.165, 1.54) is 14.2 Å². The van der Waals surface area contributed by atoms with Gasteiger partial charge in [-0.05, 0) is 36.8 Å². The van der Waals surface area contributed by atoms with Crippen LogP contribution in [0.4, 0.5) is 11.4 Å². The van der Waals surface area contributed by atoms with Crippen LogP contribution >= 0.6 is 0 Å². The molecule has 0 unspecified atom stereocenters. The third-order valence-corrected chi connectivity index (χ3v) is 6.50. The van der Waals surface area contributed by atoms with Gasteiger partial charge in [0.2, 0.25) is 0 Å². The Morgan fingerprint density at radius 3 is 2.05 bits per heavy atom.